The molecule has 2 atom stereocenters. The molecule has 0 radical (unpaired) electrons. The van der Waals surface area contributed by atoms with Crippen molar-refractivity contribution in [3.05, 3.63) is 60.8 Å². The van der Waals surface area contributed by atoms with Gasteiger partial charge >= 0.3 is 13.8 Å². The number of nitrogens with zero attached hydrogens (tertiary/aromatic N) is 1. The predicted molar refractivity (Wildman–Crippen MR) is 307 cm³/mol. The molecule has 0 aliphatic rings. The molecule has 0 fully saturated rings. The molecule has 0 aromatic rings. The Labute approximate surface area is 440 Å². The van der Waals surface area contributed by atoms with Crippen molar-refractivity contribution < 1.29 is 37.3 Å². The molecule has 416 valence electrons. The van der Waals surface area contributed by atoms with Gasteiger partial charge in [-0.2, -0.15) is 0 Å². The maximum absolute atomic E-state index is 12.8. The smallest absolute Gasteiger partial charge is 0.457 e. The van der Waals surface area contributed by atoms with E-state index in [9.17, 15) is 14.3 Å². The summed E-state index contributed by atoms with van der Waals surface area (Å²) in [6, 6.07) is 0. The van der Waals surface area contributed by atoms with Gasteiger partial charge in [0, 0.05) is 13.0 Å². The summed E-state index contributed by atoms with van der Waals surface area (Å²) >= 11 is 0. The van der Waals surface area contributed by atoms with Gasteiger partial charge in [0.05, 0.1) is 34.4 Å². The number of quaternary nitrogens is 1. The normalized spacial score (nSPS) is 13.8. The molecule has 0 aliphatic heterocycles. The second-order valence-electron chi connectivity index (χ2n) is 21.4. The lowest BCUT2D eigenvalue weighted by atomic mass is 10.0. The average molecular weight is 1020 g/mol. The Kier molecular flexibility index (Phi) is 53.1. The summed E-state index contributed by atoms with van der Waals surface area (Å²) in [6.45, 7) is 5.62. The van der Waals surface area contributed by atoms with Crippen LogP contribution >= 0.6 is 7.82 Å². The van der Waals surface area contributed by atoms with E-state index in [0.29, 0.717) is 24.1 Å². The van der Waals surface area contributed by atoms with Crippen LogP contribution in [0.5, 0.6) is 0 Å². The lowest BCUT2D eigenvalue weighted by Crippen LogP contribution is -2.37. The van der Waals surface area contributed by atoms with E-state index in [1.165, 1.54) is 193 Å². The van der Waals surface area contributed by atoms with Crippen LogP contribution in [-0.4, -0.2) is 75.6 Å². The molecule has 71 heavy (non-hydrogen) atoms. The van der Waals surface area contributed by atoms with E-state index in [1.54, 1.807) is 0 Å². The number of likely N-dealkylation sites (N-methyl/N-ethyl adjacent to an activating group) is 1. The van der Waals surface area contributed by atoms with E-state index < -0.39 is 13.9 Å². The average Bonchev–Trinajstić information content (AvgIpc) is 3.33. The molecular weight excluding hydrogens is 902 g/mol. The Balaban J connectivity index is 4.07. The predicted octanol–water partition coefficient (Wildman–Crippen LogP) is 19.2. The number of phosphoric ester groups is 1. The molecule has 9 heteroatoms. The fourth-order valence-corrected chi connectivity index (χ4v) is 9.16. The summed E-state index contributed by atoms with van der Waals surface area (Å²) < 4.78 is 35.3. The third kappa shape index (κ3) is 59.0. The first-order valence-corrected chi connectivity index (χ1v) is 31.5. The number of phosphoric acid groups is 1. The number of esters is 1. The van der Waals surface area contributed by atoms with Crippen molar-refractivity contribution in [2.75, 3.05) is 54.1 Å². The first kappa shape index (κ1) is 69.2. The van der Waals surface area contributed by atoms with Crippen LogP contribution in [0.1, 0.15) is 271 Å². The quantitative estimate of drug-likeness (QED) is 0.0213. The number of ether oxygens (including phenoxy) is 2. The number of hydrogen-bond acceptors (Lipinski definition) is 6. The van der Waals surface area contributed by atoms with Gasteiger partial charge in [-0.25, -0.2) is 4.57 Å². The molecule has 0 amide bonds. The van der Waals surface area contributed by atoms with Gasteiger partial charge in [-0.15, -0.1) is 0 Å². The number of carbonyl (C=O) groups excluding carboxylic acids is 1. The molecule has 1 N–H and O–H groups in total. The van der Waals surface area contributed by atoms with Gasteiger partial charge in [0.15, 0.2) is 0 Å². The first-order chi connectivity index (χ1) is 34.6. The maximum Gasteiger partial charge on any atom is 0.472 e. The summed E-state index contributed by atoms with van der Waals surface area (Å²) in [6.07, 6.45) is 71.4. The second-order valence-corrected chi connectivity index (χ2v) is 22.8. The Hall–Kier alpha value is -1.80. The van der Waals surface area contributed by atoms with Gasteiger partial charge in [0.1, 0.15) is 19.3 Å². The molecule has 0 aromatic carbocycles. The minimum atomic E-state index is -4.29. The van der Waals surface area contributed by atoms with Gasteiger partial charge in [-0.3, -0.25) is 13.8 Å². The van der Waals surface area contributed by atoms with Crippen molar-refractivity contribution in [2.24, 2.45) is 0 Å². The molecule has 0 rings (SSSR count). The van der Waals surface area contributed by atoms with Crippen LogP contribution < -0.4 is 0 Å². The second kappa shape index (κ2) is 54.5. The lowest BCUT2D eigenvalue weighted by Gasteiger charge is -2.24. The van der Waals surface area contributed by atoms with Crippen LogP contribution in [0.15, 0.2) is 60.8 Å². The van der Waals surface area contributed by atoms with Gasteiger partial charge in [0.25, 0.3) is 0 Å². The zero-order valence-electron chi connectivity index (χ0n) is 47.5. The van der Waals surface area contributed by atoms with Crippen LogP contribution in [0, 0.1) is 0 Å². The molecule has 2 unspecified atom stereocenters. The molecule has 0 spiro atoms. The van der Waals surface area contributed by atoms with Crippen molar-refractivity contribution in [1.29, 1.82) is 0 Å². The van der Waals surface area contributed by atoms with Gasteiger partial charge < -0.3 is 18.9 Å². The SMILES string of the molecule is CCCCCCC/C=C\C/C=C\C/C=C\CCCCCCCCCCC(=O)OC(COCCCCCCCCCCCCCCCC/C=C\C/C=C\CCCCCCC)COP(=O)(O)OCC[N+](C)(C)C. The van der Waals surface area contributed by atoms with Crippen molar-refractivity contribution >= 4 is 13.8 Å². The Bertz CT molecular complexity index is 1320. The van der Waals surface area contributed by atoms with Gasteiger partial charge in [-0.05, 0) is 83.5 Å². The number of unbranched alkanes of at least 4 members (excludes halogenated alkanes) is 32. The fourth-order valence-electron chi connectivity index (χ4n) is 8.42. The topological polar surface area (TPSA) is 91.3 Å². The molecule has 0 saturated carbocycles. The van der Waals surface area contributed by atoms with Crippen LogP contribution in [0.2, 0.25) is 0 Å². The van der Waals surface area contributed by atoms with Gasteiger partial charge in [0.2, 0.25) is 0 Å². The zero-order valence-corrected chi connectivity index (χ0v) is 48.4. The number of carbonyl (C=O) groups is 1. The lowest BCUT2D eigenvalue weighted by molar-refractivity contribution is -0.870. The van der Waals surface area contributed by atoms with Crippen molar-refractivity contribution in [3.63, 3.8) is 0 Å². The molecule has 0 bridgehead atoms. The minimum Gasteiger partial charge on any atom is -0.457 e. The van der Waals surface area contributed by atoms with Crippen LogP contribution in [0.3, 0.4) is 0 Å². The zero-order chi connectivity index (χ0) is 51.9. The summed E-state index contributed by atoms with van der Waals surface area (Å²) in [5.41, 5.74) is 0. The summed E-state index contributed by atoms with van der Waals surface area (Å²) in [5.74, 6) is -0.318. The minimum absolute atomic E-state index is 0.0857. The summed E-state index contributed by atoms with van der Waals surface area (Å²) in [7, 11) is 1.67. The molecule has 0 heterocycles. The van der Waals surface area contributed by atoms with E-state index in [-0.39, 0.29) is 25.8 Å². The third-order valence-corrected chi connectivity index (χ3v) is 14.0. The number of rotatable bonds is 56. The highest BCUT2D eigenvalue weighted by Gasteiger charge is 2.26. The Morgan fingerprint density at radius 1 is 0.437 bits per heavy atom. The maximum atomic E-state index is 12.8. The highest BCUT2D eigenvalue weighted by molar-refractivity contribution is 7.47. The Morgan fingerprint density at radius 2 is 0.775 bits per heavy atom. The highest BCUT2D eigenvalue weighted by atomic mass is 31.2. The van der Waals surface area contributed by atoms with Crippen LogP contribution in [0.4, 0.5) is 0 Å². The van der Waals surface area contributed by atoms with E-state index >= 15 is 0 Å². The summed E-state index contributed by atoms with van der Waals surface area (Å²) in [4.78, 5) is 23.1. The molecule has 0 aromatic heterocycles. The molecule has 0 saturated heterocycles. The van der Waals surface area contributed by atoms with E-state index in [2.05, 4.69) is 74.6 Å². The van der Waals surface area contributed by atoms with Crippen molar-refractivity contribution in [2.45, 2.75) is 277 Å². The Morgan fingerprint density at radius 3 is 1.15 bits per heavy atom. The highest BCUT2D eigenvalue weighted by Crippen LogP contribution is 2.43. The van der Waals surface area contributed by atoms with E-state index in [1.807, 2.05) is 21.1 Å². The van der Waals surface area contributed by atoms with Crippen LogP contribution in [-0.2, 0) is 27.9 Å². The third-order valence-electron chi connectivity index (χ3n) is 13.1. The van der Waals surface area contributed by atoms with E-state index in [0.717, 1.165) is 57.8 Å². The van der Waals surface area contributed by atoms with Crippen molar-refractivity contribution in [3.8, 4) is 0 Å². The van der Waals surface area contributed by atoms with Crippen LogP contribution in [0.25, 0.3) is 0 Å². The van der Waals surface area contributed by atoms with Crippen molar-refractivity contribution in [1.82, 2.24) is 0 Å². The summed E-state index contributed by atoms with van der Waals surface area (Å²) in [5, 5.41) is 0. The monoisotopic (exact) mass is 1020 g/mol. The van der Waals surface area contributed by atoms with Gasteiger partial charge in [-0.1, -0.05) is 242 Å². The molecule has 0 aliphatic carbocycles. The van der Waals surface area contributed by atoms with E-state index in [4.69, 9.17) is 18.5 Å². The molecule has 8 nitrogen and oxygen atoms in total. The number of hydrogen-bond donors (Lipinski definition) is 1. The largest absolute Gasteiger partial charge is 0.472 e. The fraction of sp³-hybridized carbons (Fsp3) is 0.823. The standard InChI is InChI=1S/C62H116NO7P/c1-6-8-10-12-14-16-18-20-22-24-26-28-30-31-32-34-36-38-40-42-44-46-48-50-52-54-57-67-59-61(60-69-71(65,66)68-58-56-63(3,4)5)70-62(64)55-53-51-49-47-45-43-41-39-37-35-33-29-27-25-23-21-19-17-15-13-11-9-7-2/h18-21,24-27,33,35,61H,6-17,22-23,28-32,34,36-60H2,1-5H3/p+1/b20-18-,21-19-,26-24-,27-25-,35-33-. The number of allylic oxidation sites excluding steroid dienone is 10. The molecular formula is C62H117NO7P+. The first-order valence-electron chi connectivity index (χ1n) is 30.0.